The third-order valence-electron chi connectivity index (χ3n) is 5.08. The van der Waals surface area contributed by atoms with E-state index >= 15 is 0 Å². The number of aliphatic hydroxyl groups is 1. The van der Waals surface area contributed by atoms with Crippen molar-refractivity contribution in [3.8, 4) is 11.8 Å². The zero-order valence-electron chi connectivity index (χ0n) is 11.5. The van der Waals surface area contributed by atoms with Gasteiger partial charge in [0.25, 0.3) is 0 Å². The smallest absolute Gasteiger partial charge is 0.137 e. The fraction of sp³-hybridized carbons (Fsp3) is 0.562. The first-order valence-electron chi connectivity index (χ1n) is 7.03. The lowest BCUT2D eigenvalue weighted by Gasteiger charge is -2.35. The number of nitrogens with zero attached hydrogens (tertiary/aromatic N) is 1. The van der Waals surface area contributed by atoms with Crippen molar-refractivity contribution in [1.82, 2.24) is 0 Å². The molecule has 0 radical (unpaired) electrons. The monoisotopic (exact) mass is 291 g/mol. The molecule has 3 nitrogen and oxygen atoms in total. The molecule has 0 spiro atoms. The number of rotatable bonds is 3. The van der Waals surface area contributed by atoms with Crippen molar-refractivity contribution < 1.29 is 9.84 Å². The van der Waals surface area contributed by atoms with Crippen LogP contribution in [-0.2, 0) is 0 Å². The van der Waals surface area contributed by atoms with Crippen LogP contribution in [0.25, 0.3) is 0 Å². The molecule has 0 saturated heterocycles. The van der Waals surface area contributed by atoms with Crippen molar-refractivity contribution in [3.05, 3.63) is 28.8 Å². The first kappa shape index (κ1) is 13.7. The van der Waals surface area contributed by atoms with Crippen LogP contribution in [0, 0.1) is 28.6 Å². The minimum atomic E-state index is -0.772. The van der Waals surface area contributed by atoms with Gasteiger partial charge in [-0.3, -0.25) is 0 Å². The number of hydrogen-bond acceptors (Lipinski definition) is 3. The molecule has 2 aliphatic rings. The molecule has 1 aromatic carbocycles. The third kappa shape index (κ3) is 1.90. The quantitative estimate of drug-likeness (QED) is 0.923. The summed E-state index contributed by atoms with van der Waals surface area (Å²) in [6.07, 6.45) is 3.36. The summed E-state index contributed by atoms with van der Waals surface area (Å²) in [5, 5.41) is 20.9. The Labute approximate surface area is 124 Å². The second kappa shape index (κ2) is 4.95. The summed E-state index contributed by atoms with van der Waals surface area (Å²) >= 11 is 6.13. The highest BCUT2D eigenvalue weighted by Crippen LogP contribution is 2.60. The van der Waals surface area contributed by atoms with Crippen LogP contribution in [0.15, 0.2) is 18.2 Å². The van der Waals surface area contributed by atoms with E-state index in [-0.39, 0.29) is 0 Å². The first-order chi connectivity index (χ1) is 9.60. The van der Waals surface area contributed by atoms with E-state index in [1.807, 2.05) is 0 Å². The molecule has 0 amide bonds. The fourth-order valence-electron chi connectivity index (χ4n) is 4.06. The van der Waals surface area contributed by atoms with Gasteiger partial charge < -0.3 is 9.84 Å². The van der Waals surface area contributed by atoms with E-state index in [9.17, 15) is 10.4 Å². The molecule has 3 rings (SSSR count). The predicted molar refractivity (Wildman–Crippen MR) is 76.5 cm³/mol. The standard InChI is InChI=1S/C16H18ClNO2/c1-20-14-5-3-11(7-13(14)17)15(19)16(9-18)8-10-2-4-12(16)6-10/h3,5,7,10,12,15,19H,2,4,6,8H2,1H3. The maximum Gasteiger partial charge on any atom is 0.137 e. The second-order valence-electron chi connectivity index (χ2n) is 6.03. The molecular formula is C16H18ClNO2. The summed E-state index contributed by atoms with van der Waals surface area (Å²) in [4.78, 5) is 0. The SMILES string of the molecule is COc1ccc(C(O)C2(C#N)CC3CCC2C3)cc1Cl. The molecule has 2 saturated carbocycles. The van der Waals surface area contributed by atoms with Gasteiger partial charge in [0, 0.05) is 0 Å². The van der Waals surface area contributed by atoms with E-state index in [1.165, 1.54) is 6.42 Å². The van der Waals surface area contributed by atoms with Gasteiger partial charge in [-0.05, 0) is 48.8 Å². The molecule has 1 N–H and O–H groups in total. The lowest BCUT2D eigenvalue weighted by Crippen LogP contribution is -2.33. The van der Waals surface area contributed by atoms with Gasteiger partial charge in [0.1, 0.15) is 5.75 Å². The molecule has 2 aliphatic carbocycles. The average molecular weight is 292 g/mol. The lowest BCUT2D eigenvalue weighted by atomic mass is 9.68. The molecule has 106 valence electrons. The molecule has 0 aromatic heterocycles. The Kier molecular flexibility index (Phi) is 3.40. The van der Waals surface area contributed by atoms with Gasteiger partial charge in [0.15, 0.2) is 0 Å². The molecule has 1 aromatic rings. The van der Waals surface area contributed by atoms with Gasteiger partial charge >= 0.3 is 0 Å². The van der Waals surface area contributed by atoms with Crippen LogP contribution in [0.4, 0.5) is 0 Å². The van der Waals surface area contributed by atoms with Gasteiger partial charge in [0.2, 0.25) is 0 Å². The van der Waals surface area contributed by atoms with Gasteiger partial charge in [-0.25, -0.2) is 0 Å². The summed E-state index contributed by atoms with van der Waals surface area (Å²) in [6, 6.07) is 7.70. The fourth-order valence-corrected chi connectivity index (χ4v) is 4.32. The Morgan fingerprint density at radius 3 is 2.80 bits per heavy atom. The maximum atomic E-state index is 10.8. The Morgan fingerprint density at radius 2 is 2.30 bits per heavy atom. The molecule has 0 aliphatic heterocycles. The van der Waals surface area contributed by atoms with E-state index < -0.39 is 11.5 Å². The third-order valence-corrected chi connectivity index (χ3v) is 5.38. The van der Waals surface area contributed by atoms with Crippen LogP contribution < -0.4 is 4.74 Å². The van der Waals surface area contributed by atoms with Crippen molar-refractivity contribution >= 4 is 11.6 Å². The zero-order chi connectivity index (χ0) is 14.3. The molecule has 20 heavy (non-hydrogen) atoms. The van der Waals surface area contributed by atoms with Crippen LogP contribution in [0.5, 0.6) is 5.75 Å². The number of ether oxygens (including phenoxy) is 1. The Balaban J connectivity index is 1.94. The van der Waals surface area contributed by atoms with E-state index in [2.05, 4.69) is 6.07 Å². The highest BCUT2D eigenvalue weighted by atomic mass is 35.5. The number of aliphatic hydroxyl groups excluding tert-OH is 1. The molecule has 4 unspecified atom stereocenters. The van der Waals surface area contributed by atoms with E-state index in [4.69, 9.17) is 16.3 Å². The molecule has 2 bridgehead atoms. The molecule has 4 heteroatoms. The minimum Gasteiger partial charge on any atom is -0.495 e. The topological polar surface area (TPSA) is 53.2 Å². The van der Waals surface area contributed by atoms with Gasteiger partial charge in [-0.2, -0.15) is 5.26 Å². The predicted octanol–water partition coefficient (Wildman–Crippen LogP) is 3.71. The number of fused-ring (bicyclic) bond motifs is 2. The first-order valence-corrected chi connectivity index (χ1v) is 7.41. The van der Waals surface area contributed by atoms with Crippen LogP contribution in [0.1, 0.15) is 37.4 Å². The number of hydrogen-bond donors (Lipinski definition) is 1. The average Bonchev–Trinajstić information content (AvgIpc) is 3.07. The number of benzene rings is 1. The van der Waals surface area contributed by atoms with Crippen molar-refractivity contribution in [3.63, 3.8) is 0 Å². The maximum absolute atomic E-state index is 10.8. The van der Waals surface area contributed by atoms with E-state index in [1.54, 1.807) is 25.3 Å². The van der Waals surface area contributed by atoms with Crippen LogP contribution >= 0.6 is 11.6 Å². The Hall–Kier alpha value is -1.24. The largest absolute Gasteiger partial charge is 0.495 e. The summed E-state index contributed by atoms with van der Waals surface area (Å²) in [5.41, 5.74) is 0.0748. The van der Waals surface area contributed by atoms with E-state index in [0.29, 0.717) is 28.2 Å². The van der Waals surface area contributed by atoms with Crippen molar-refractivity contribution in [2.75, 3.05) is 7.11 Å². The number of methoxy groups -OCH3 is 1. The Bertz CT molecular complexity index is 568. The van der Waals surface area contributed by atoms with Gasteiger partial charge in [0.05, 0.1) is 29.7 Å². The van der Waals surface area contributed by atoms with Crippen LogP contribution in [0.3, 0.4) is 0 Å². The summed E-state index contributed by atoms with van der Waals surface area (Å²) in [5.74, 6) is 1.50. The summed E-state index contributed by atoms with van der Waals surface area (Å²) < 4.78 is 5.13. The minimum absolute atomic E-state index is 0.313. The lowest BCUT2D eigenvalue weighted by molar-refractivity contribution is 0.0233. The normalized spacial score (nSPS) is 32.9. The summed E-state index contributed by atoms with van der Waals surface area (Å²) in [6.45, 7) is 0. The number of nitriles is 1. The Morgan fingerprint density at radius 1 is 1.50 bits per heavy atom. The second-order valence-corrected chi connectivity index (χ2v) is 6.44. The van der Waals surface area contributed by atoms with Crippen LogP contribution in [-0.4, -0.2) is 12.2 Å². The van der Waals surface area contributed by atoms with Crippen molar-refractivity contribution in [2.24, 2.45) is 17.3 Å². The van der Waals surface area contributed by atoms with Gasteiger partial charge in [-0.15, -0.1) is 0 Å². The number of halogens is 1. The molecule has 2 fully saturated rings. The molecule has 4 atom stereocenters. The summed E-state index contributed by atoms with van der Waals surface area (Å²) in [7, 11) is 1.56. The highest BCUT2D eigenvalue weighted by Gasteiger charge is 2.55. The van der Waals surface area contributed by atoms with Gasteiger partial charge in [-0.1, -0.05) is 24.1 Å². The molecular weight excluding hydrogens is 274 g/mol. The van der Waals surface area contributed by atoms with Crippen molar-refractivity contribution in [2.45, 2.75) is 31.8 Å². The molecule has 0 heterocycles. The van der Waals surface area contributed by atoms with Crippen LogP contribution in [0.2, 0.25) is 5.02 Å². The zero-order valence-corrected chi connectivity index (χ0v) is 12.2. The van der Waals surface area contributed by atoms with Crippen molar-refractivity contribution in [1.29, 1.82) is 5.26 Å². The van der Waals surface area contributed by atoms with E-state index in [0.717, 1.165) is 19.3 Å². The highest BCUT2D eigenvalue weighted by molar-refractivity contribution is 6.32.